The van der Waals surface area contributed by atoms with Crippen LogP contribution in [0.3, 0.4) is 0 Å². The molecule has 2 heterocycles. The molecule has 2 rings (SSSR count). The zero-order valence-corrected chi connectivity index (χ0v) is 11.8. The first-order valence-electron chi connectivity index (χ1n) is 6.99. The van der Waals surface area contributed by atoms with Gasteiger partial charge in [-0.2, -0.15) is 0 Å². The summed E-state index contributed by atoms with van der Waals surface area (Å²) in [5.41, 5.74) is 2.19. The van der Waals surface area contributed by atoms with E-state index < -0.39 is 0 Å². The summed E-state index contributed by atoms with van der Waals surface area (Å²) in [6.07, 6.45) is 5.97. The van der Waals surface area contributed by atoms with Crippen molar-refractivity contribution < 1.29 is 0 Å². The lowest BCUT2D eigenvalue weighted by Crippen LogP contribution is -2.15. The van der Waals surface area contributed by atoms with Crippen LogP contribution in [-0.4, -0.2) is 21.1 Å². The first kappa shape index (κ1) is 13.7. The third kappa shape index (κ3) is 3.89. The Hall–Kier alpha value is -1.68. The Morgan fingerprint density at radius 1 is 1.21 bits per heavy atom. The van der Waals surface area contributed by atoms with E-state index in [1.54, 1.807) is 0 Å². The van der Waals surface area contributed by atoms with Gasteiger partial charge >= 0.3 is 0 Å². The smallest absolute Gasteiger partial charge is 0.108 e. The van der Waals surface area contributed by atoms with Crippen LogP contribution in [0.2, 0.25) is 0 Å². The second-order valence-electron chi connectivity index (χ2n) is 4.62. The molecule has 0 amide bonds. The predicted molar refractivity (Wildman–Crippen MR) is 76.9 cm³/mol. The van der Waals surface area contributed by atoms with Gasteiger partial charge in [0.15, 0.2) is 0 Å². The van der Waals surface area contributed by atoms with Gasteiger partial charge in [0.05, 0.1) is 17.9 Å². The largest absolute Gasteiger partial charge is 0.329 e. The lowest BCUT2D eigenvalue weighted by Gasteiger charge is -2.08. The van der Waals surface area contributed by atoms with Crippen LogP contribution in [-0.2, 0) is 19.5 Å². The van der Waals surface area contributed by atoms with Crippen molar-refractivity contribution >= 4 is 0 Å². The van der Waals surface area contributed by atoms with E-state index in [1.165, 1.54) is 0 Å². The van der Waals surface area contributed by atoms with E-state index in [4.69, 9.17) is 0 Å². The summed E-state index contributed by atoms with van der Waals surface area (Å²) in [4.78, 5) is 9.02. The van der Waals surface area contributed by atoms with Crippen molar-refractivity contribution in [1.82, 2.24) is 19.9 Å². The fourth-order valence-corrected chi connectivity index (χ4v) is 2.08. The number of aromatic nitrogens is 3. The summed E-state index contributed by atoms with van der Waals surface area (Å²) in [6.45, 7) is 6.96. The van der Waals surface area contributed by atoms with Crippen molar-refractivity contribution in [2.75, 3.05) is 6.54 Å². The van der Waals surface area contributed by atoms with Crippen molar-refractivity contribution in [3.05, 3.63) is 47.8 Å². The standard InChI is InChI=1S/C15H22N4/c1-3-8-16-11-13-6-5-7-14(18-13)12-19-10-9-17-15(19)4-2/h5-7,9-10,16H,3-4,8,11-12H2,1-2H3. The number of pyridine rings is 1. The van der Waals surface area contributed by atoms with Gasteiger partial charge in [-0.05, 0) is 25.1 Å². The lowest BCUT2D eigenvalue weighted by molar-refractivity contribution is 0.655. The number of hydrogen-bond acceptors (Lipinski definition) is 3. The molecule has 0 saturated carbocycles. The number of imidazole rings is 1. The van der Waals surface area contributed by atoms with Gasteiger partial charge in [-0.15, -0.1) is 0 Å². The van der Waals surface area contributed by atoms with E-state index in [9.17, 15) is 0 Å². The molecule has 0 saturated heterocycles. The Morgan fingerprint density at radius 2 is 2.05 bits per heavy atom. The third-order valence-corrected chi connectivity index (χ3v) is 3.05. The highest BCUT2D eigenvalue weighted by Crippen LogP contribution is 2.05. The van der Waals surface area contributed by atoms with Crippen LogP contribution in [0, 0.1) is 0 Å². The monoisotopic (exact) mass is 258 g/mol. The molecule has 0 aromatic carbocycles. The predicted octanol–water partition coefficient (Wildman–Crippen LogP) is 2.39. The normalized spacial score (nSPS) is 10.8. The Labute approximate surface area is 114 Å². The topological polar surface area (TPSA) is 42.7 Å². The van der Waals surface area contributed by atoms with E-state index in [2.05, 4.69) is 51.9 Å². The van der Waals surface area contributed by atoms with Crippen LogP contribution in [0.1, 0.15) is 37.5 Å². The van der Waals surface area contributed by atoms with E-state index in [-0.39, 0.29) is 0 Å². The van der Waals surface area contributed by atoms with Crippen LogP contribution in [0.4, 0.5) is 0 Å². The maximum absolute atomic E-state index is 4.68. The molecular weight excluding hydrogens is 236 g/mol. The molecule has 0 aliphatic rings. The zero-order chi connectivity index (χ0) is 13.5. The highest BCUT2D eigenvalue weighted by molar-refractivity contribution is 5.12. The molecule has 0 bridgehead atoms. The summed E-state index contributed by atoms with van der Waals surface area (Å²) < 4.78 is 2.16. The Balaban J connectivity index is 2.02. The van der Waals surface area contributed by atoms with Gasteiger partial charge in [0.1, 0.15) is 5.82 Å². The van der Waals surface area contributed by atoms with Crippen LogP contribution in [0.5, 0.6) is 0 Å². The number of hydrogen-bond donors (Lipinski definition) is 1. The quantitative estimate of drug-likeness (QED) is 0.775. The van der Waals surface area contributed by atoms with E-state index in [0.29, 0.717) is 0 Å². The molecular formula is C15H22N4. The zero-order valence-electron chi connectivity index (χ0n) is 11.8. The van der Waals surface area contributed by atoms with Gasteiger partial charge in [0.2, 0.25) is 0 Å². The summed E-state index contributed by atoms with van der Waals surface area (Å²) >= 11 is 0. The van der Waals surface area contributed by atoms with Gasteiger partial charge in [0, 0.05) is 25.4 Å². The van der Waals surface area contributed by atoms with Crippen molar-refractivity contribution in [2.45, 2.75) is 39.8 Å². The molecule has 0 aliphatic heterocycles. The maximum Gasteiger partial charge on any atom is 0.108 e. The Bertz CT molecular complexity index is 504. The molecule has 4 nitrogen and oxygen atoms in total. The van der Waals surface area contributed by atoms with Crippen molar-refractivity contribution in [3.8, 4) is 0 Å². The van der Waals surface area contributed by atoms with Gasteiger partial charge in [-0.25, -0.2) is 4.98 Å². The van der Waals surface area contributed by atoms with Crippen LogP contribution >= 0.6 is 0 Å². The fourth-order valence-electron chi connectivity index (χ4n) is 2.08. The second-order valence-corrected chi connectivity index (χ2v) is 4.62. The average Bonchev–Trinajstić information content (AvgIpc) is 2.87. The second kappa shape index (κ2) is 7.04. The first-order valence-corrected chi connectivity index (χ1v) is 6.99. The number of rotatable bonds is 7. The third-order valence-electron chi connectivity index (χ3n) is 3.05. The van der Waals surface area contributed by atoms with E-state index in [0.717, 1.165) is 49.7 Å². The minimum absolute atomic E-state index is 0.796. The molecule has 0 aliphatic carbocycles. The SMILES string of the molecule is CCCNCc1cccc(Cn2ccnc2CC)n1. The molecule has 19 heavy (non-hydrogen) atoms. The van der Waals surface area contributed by atoms with Gasteiger partial charge < -0.3 is 9.88 Å². The molecule has 0 spiro atoms. The van der Waals surface area contributed by atoms with Crippen LogP contribution in [0.15, 0.2) is 30.6 Å². The van der Waals surface area contributed by atoms with Crippen molar-refractivity contribution in [3.63, 3.8) is 0 Å². The van der Waals surface area contributed by atoms with Crippen molar-refractivity contribution in [2.24, 2.45) is 0 Å². The fraction of sp³-hybridized carbons (Fsp3) is 0.467. The molecule has 0 unspecified atom stereocenters. The lowest BCUT2D eigenvalue weighted by atomic mass is 10.3. The number of nitrogens with one attached hydrogen (secondary N) is 1. The van der Waals surface area contributed by atoms with Crippen molar-refractivity contribution in [1.29, 1.82) is 0 Å². The van der Waals surface area contributed by atoms with Gasteiger partial charge in [-0.1, -0.05) is 19.9 Å². The van der Waals surface area contributed by atoms with Gasteiger partial charge in [-0.3, -0.25) is 4.98 Å². The van der Waals surface area contributed by atoms with Crippen LogP contribution < -0.4 is 5.32 Å². The number of aryl methyl sites for hydroxylation is 1. The Morgan fingerprint density at radius 3 is 2.84 bits per heavy atom. The molecule has 102 valence electrons. The molecule has 2 aromatic rings. The minimum Gasteiger partial charge on any atom is -0.329 e. The summed E-state index contributed by atoms with van der Waals surface area (Å²) in [6, 6.07) is 6.22. The first-order chi connectivity index (χ1) is 9.33. The number of nitrogens with zero attached hydrogens (tertiary/aromatic N) is 3. The molecule has 2 aromatic heterocycles. The average molecular weight is 258 g/mol. The highest BCUT2D eigenvalue weighted by atomic mass is 15.1. The van der Waals surface area contributed by atoms with E-state index >= 15 is 0 Å². The van der Waals surface area contributed by atoms with Gasteiger partial charge in [0.25, 0.3) is 0 Å². The summed E-state index contributed by atoms with van der Waals surface area (Å²) in [5, 5.41) is 3.38. The molecule has 4 heteroatoms. The molecule has 0 atom stereocenters. The Kier molecular flexibility index (Phi) is 5.10. The highest BCUT2D eigenvalue weighted by Gasteiger charge is 2.03. The van der Waals surface area contributed by atoms with Crippen LogP contribution in [0.25, 0.3) is 0 Å². The summed E-state index contributed by atoms with van der Waals surface area (Å²) in [7, 11) is 0. The minimum atomic E-state index is 0.796. The molecule has 0 radical (unpaired) electrons. The maximum atomic E-state index is 4.68. The molecule has 0 fully saturated rings. The van der Waals surface area contributed by atoms with E-state index in [1.807, 2.05) is 12.4 Å². The molecule has 1 N–H and O–H groups in total. The summed E-state index contributed by atoms with van der Waals surface area (Å²) in [5.74, 6) is 1.11.